The van der Waals surface area contributed by atoms with Gasteiger partial charge in [-0.2, -0.15) is 0 Å². The van der Waals surface area contributed by atoms with Gasteiger partial charge in [-0.1, -0.05) is 0 Å². The van der Waals surface area contributed by atoms with Crippen molar-refractivity contribution >= 4 is 28.6 Å². The lowest BCUT2D eigenvalue weighted by molar-refractivity contribution is 0.0689. The topological polar surface area (TPSA) is 50.2 Å². The maximum absolute atomic E-state index is 10.5. The molecule has 0 aromatic carbocycles. The van der Waals surface area contributed by atoms with E-state index in [1.54, 1.807) is 12.3 Å². The van der Waals surface area contributed by atoms with E-state index < -0.39 is 5.97 Å². The van der Waals surface area contributed by atoms with Crippen LogP contribution in [-0.2, 0) is 0 Å². The van der Waals surface area contributed by atoms with Crippen LogP contribution < -0.4 is 0 Å². The number of carboxylic acids is 1. The van der Waals surface area contributed by atoms with Crippen LogP contribution in [0.5, 0.6) is 0 Å². The summed E-state index contributed by atoms with van der Waals surface area (Å²) >= 11 is 1.96. The van der Waals surface area contributed by atoms with Crippen LogP contribution in [0.3, 0.4) is 0 Å². The van der Waals surface area contributed by atoms with E-state index in [4.69, 9.17) is 5.11 Å². The van der Waals surface area contributed by atoms with Crippen LogP contribution in [0.1, 0.15) is 16.1 Å². The molecule has 0 aliphatic carbocycles. The van der Waals surface area contributed by atoms with Gasteiger partial charge in [0.25, 0.3) is 0 Å². The number of nitrogens with zero attached hydrogens (tertiary/aromatic N) is 1. The van der Waals surface area contributed by atoms with Gasteiger partial charge in [0.2, 0.25) is 0 Å². The molecular formula is C7H6INO2. The molecule has 58 valence electrons. The summed E-state index contributed by atoms with van der Waals surface area (Å²) in [5.41, 5.74) is 1.09. The molecule has 0 unspecified atom stereocenters. The number of aryl methyl sites for hydroxylation is 1. The van der Waals surface area contributed by atoms with Gasteiger partial charge in [-0.3, -0.25) is 0 Å². The fourth-order valence-electron chi connectivity index (χ4n) is 0.691. The molecule has 0 atom stereocenters. The summed E-state index contributed by atoms with van der Waals surface area (Å²) < 4.78 is 0.676. The van der Waals surface area contributed by atoms with Crippen molar-refractivity contribution in [2.24, 2.45) is 0 Å². The van der Waals surface area contributed by atoms with Crippen LogP contribution in [0.15, 0.2) is 12.3 Å². The van der Waals surface area contributed by atoms with E-state index in [1.807, 2.05) is 29.5 Å². The molecule has 1 aromatic heterocycles. The molecule has 0 saturated carbocycles. The Morgan fingerprint density at radius 3 is 2.82 bits per heavy atom. The quantitative estimate of drug-likeness (QED) is 0.784. The summed E-state index contributed by atoms with van der Waals surface area (Å²) in [6.45, 7) is 1.88. The number of hydrogen-bond donors (Lipinski definition) is 1. The smallest absolute Gasteiger partial charge is 0.355 e. The molecule has 0 aliphatic rings. The molecule has 0 fully saturated rings. The lowest BCUT2D eigenvalue weighted by atomic mass is 10.3. The molecule has 11 heavy (non-hydrogen) atoms. The summed E-state index contributed by atoms with van der Waals surface area (Å²) in [5, 5.41) is 8.59. The standard InChI is InChI=1S/C7H6INO2/c1-4-2-5(8)6(7(10)11)9-3-4/h2-3H,1H3,(H,10,11). The highest BCUT2D eigenvalue weighted by Gasteiger charge is 2.08. The number of halogens is 1. The molecule has 0 saturated heterocycles. The van der Waals surface area contributed by atoms with Gasteiger partial charge in [0.15, 0.2) is 5.69 Å². The minimum atomic E-state index is -0.977. The van der Waals surface area contributed by atoms with Crippen molar-refractivity contribution in [3.05, 3.63) is 27.1 Å². The molecule has 1 N–H and O–H groups in total. The van der Waals surface area contributed by atoms with Crippen LogP contribution in [0.4, 0.5) is 0 Å². The molecule has 0 aliphatic heterocycles. The van der Waals surface area contributed by atoms with Gasteiger partial charge in [0, 0.05) is 9.77 Å². The third-order valence-corrected chi connectivity index (χ3v) is 2.00. The molecule has 1 aromatic rings. The van der Waals surface area contributed by atoms with Crippen molar-refractivity contribution in [3.63, 3.8) is 0 Å². The average Bonchev–Trinajstić information content (AvgIpc) is 1.85. The van der Waals surface area contributed by atoms with Gasteiger partial charge >= 0.3 is 5.97 Å². The largest absolute Gasteiger partial charge is 0.476 e. The lowest BCUT2D eigenvalue weighted by Gasteiger charge is -1.97. The van der Waals surface area contributed by atoms with Gasteiger partial charge in [-0.25, -0.2) is 9.78 Å². The van der Waals surface area contributed by atoms with Gasteiger partial charge in [-0.05, 0) is 41.1 Å². The van der Waals surface area contributed by atoms with Gasteiger partial charge < -0.3 is 5.11 Å². The monoisotopic (exact) mass is 263 g/mol. The van der Waals surface area contributed by atoms with Crippen LogP contribution in [-0.4, -0.2) is 16.1 Å². The molecule has 0 bridgehead atoms. The Hall–Kier alpha value is -0.650. The maximum atomic E-state index is 10.5. The molecule has 0 amide bonds. The first-order valence-corrected chi connectivity index (χ1v) is 4.04. The SMILES string of the molecule is Cc1cnc(C(=O)O)c(I)c1. The fraction of sp³-hybridized carbons (Fsp3) is 0.143. The van der Waals surface area contributed by atoms with Crippen molar-refractivity contribution in [3.8, 4) is 0 Å². The van der Waals surface area contributed by atoms with Crippen LogP contribution in [0, 0.1) is 10.5 Å². The molecule has 1 heterocycles. The third kappa shape index (κ3) is 1.89. The summed E-state index contributed by atoms with van der Waals surface area (Å²) in [6, 6.07) is 1.79. The number of rotatable bonds is 1. The summed E-state index contributed by atoms with van der Waals surface area (Å²) in [5.74, 6) is -0.977. The first-order chi connectivity index (χ1) is 5.11. The van der Waals surface area contributed by atoms with E-state index >= 15 is 0 Å². The van der Waals surface area contributed by atoms with Crippen LogP contribution >= 0.6 is 22.6 Å². The predicted octanol–water partition coefficient (Wildman–Crippen LogP) is 1.69. The Kier molecular flexibility index (Phi) is 2.43. The summed E-state index contributed by atoms with van der Waals surface area (Å²) in [4.78, 5) is 14.2. The second-order valence-corrected chi connectivity index (χ2v) is 3.31. The highest BCUT2D eigenvalue weighted by atomic mass is 127. The number of carboxylic acid groups (broad SMARTS) is 1. The molecule has 0 spiro atoms. The Morgan fingerprint density at radius 2 is 2.36 bits per heavy atom. The first kappa shape index (κ1) is 8.45. The number of aromatic nitrogens is 1. The molecule has 0 radical (unpaired) electrons. The minimum absolute atomic E-state index is 0.121. The zero-order chi connectivity index (χ0) is 8.43. The van der Waals surface area contributed by atoms with Gasteiger partial charge in [-0.15, -0.1) is 0 Å². The number of aromatic carboxylic acids is 1. The average molecular weight is 263 g/mol. The number of pyridine rings is 1. The third-order valence-electron chi connectivity index (χ3n) is 1.18. The molecular weight excluding hydrogens is 257 g/mol. The highest BCUT2D eigenvalue weighted by molar-refractivity contribution is 14.1. The van der Waals surface area contributed by atoms with Crippen molar-refractivity contribution in [2.45, 2.75) is 6.92 Å². The Balaban J connectivity index is 3.20. The Labute approximate surface area is 77.6 Å². The normalized spacial score (nSPS) is 9.64. The first-order valence-electron chi connectivity index (χ1n) is 2.96. The fourth-order valence-corrected chi connectivity index (χ4v) is 1.55. The Bertz CT molecular complexity index is 298. The summed E-state index contributed by atoms with van der Waals surface area (Å²) in [7, 11) is 0. The van der Waals surface area contributed by atoms with Gasteiger partial charge in [0.1, 0.15) is 0 Å². The highest BCUT2D eigenvalue weighted by Crippen LogP contribution is 2.10. The number of hydrogen-bond acceptors (Lipinski definition) is 2. The number of carbonyl (C=O) groups is 1. The van der Waals surface area contributed by atoms with Crippen molar-refractivity contribution in [1.82, 2.24) is 4.98 Å². The maximum Gasteiger partial charge on any atom is 0.355 e. The minimum Gasteiger partial charge on any atom is -0.476 e. The van der Waals surface area contributed by atoms with E-state index in [1.165, 1.54) is 0 Å². The van der Waals surface area contributed by atoms with E-state index in [-0.39, 0.29) is 5.69 Å². The lowest BCUT2D eigenvalue weighted by Crippen LogP contribution is -2.03. The second-order valence-electron chi connectivity index (χ2n) is 2.15. The summed E-state index contributed by atoms with van der Waals surface area (Å²) in [6.07, 6.45) is 1.55. The van der Waals surface area contributed by atoms with Gasteiger partial charge in [0.05, 0.1) is 0 Å². The second kappa shape index (κ2) is 3.17. The van der Waals surface area contributed by atoms with E-state index in [9.17, 15) is 4.79 Å². The van der Waals surface area contributed by atoms with E-state index in [0.717, 1.165) is 5.56 Å². The zero-order valence-corrected chi connectivity index (χ0v) is 7.99. The van der Waals surface area contributed by atoms with Crippen LogP contribution in [0.2, 0.25) is 0 Å². The zero-order valence-electron chi connectivity index (χ0n) is 5.84. The van der Waals surface area contributed by atoms with E-state index in [2.05, 4.69) is 4.98 Å². The molecule has 1 rings (SSSR count). The van der Waals surface area contributed by atoms with Crippen molar-refractivity contribution in [1.29, 1.82) is 0 Å². The molecule has 4 heteroatoms. The van der Waals surface area contributed by atoms with E-state index in [0.29, 0.717) is 3.57 Å². The molecule has 3 nitrogen and oxygen atoms in total. The van der Waals surface area contributed by atoms with Crippen molar-refractivity contribution in [2.75, 3.05) is 0 Å². The Morgan fingerprint density at radius 1 is 1.73 bits per heavy atom. The van der Waals surface area contributed by atoms with Crippen molar-refractivity contribution < 1.29 is 9.90 Å². The predicted molar refractivity (Wildman–Crippen MR) is 48.7 cm³/mol. The van der Waals surface area contributed by atoms with Crippen LogP contribution in [0.25, 0.3) is 0 Å².